The molecule has 0 N–H and O–H groups in total. The van der Waals surface area contributed by atoms with Gasteiger partial charge >= 0.3 is 6.18 Å². The zero-order valence-corrected chi connectivity index (χ0v) is 17.8. The van der Waals surface area contributed by atoms with Crippen molar-refractivity contribution in [2.75, 3.05) is 0 Å². The molecule has 0 spiro atoms. The van der Waals surface area contributed by atoms with E-state index in [1.807, 2.05) is 33.8 Å². The first-order valence-electron chi connectivity index (χ1n) is 9.31. The Hall–Kier alpha value is -2.92. The van der Waals surface area contributed by atoms with Crippen LogP contribution in [0.25, 0.3) is 11.3 Å². The SMILES string of the molecule is Cc1cccc(-c2cc(C(F)(F)F)c(C#N)c(=O)n2Cc2nc(C(C)C)sc2C)c1. The lowest BCUT2D eigenvalue weighted by atomic mass is 10.0. The van der Waals surface area contributed by atoms with E-state index in [1.165, 1.54) is 22.0 Å². The van der Waals surface area contributed by atoms with Gasteiger partial charge in [0, 0.05) is 10.8 Å². The van der Waals surface area contributed by atoms with Crippen LogP contribution < -0.4 is 5.56 Å². The number of hydrogen-bond donors (Lipinski definition) is 0. The molecule has 2 heterocycles. The second-order valence-corrected chi connectivity index (χ2v) is 8.63. The van der Waals surface area contributed by atoms with Crippen molar-refractivity contribution >= 4 is 11.3 Å². The van der Waals surface area contributed by atoms with Crippen LogP contribution in [-0.4, -0.2) is 9.55 Å². The number of halogens is 3. The van der Waals surface area contributed by atoms with Gasteiger partial charge in [-0.1, -0.05) is 37.6 Å². The molecule has 3 aromatic rings. The van der Waals surface area contributed by atoms with Crippen molar-refractivity contribution < 1.29 is 13.2 Å². The Morgan fingerprint density at radius 1 is 1.23 bits per heavy atom. The molecule has 0 aliphatic heterocycles. The summed E-state index contributed by atoms with van der Waals surface area (Å²) in [6.07, 6.45) is -4.82. The summed E-state index contributed by atoms with van der Waals surface area (Å²) in [5, 5.41) is 10.2. The maximum absolute atomic E-state index is 13.6. The quantitative estimate of drug-likeness (QED) is 0.536. The molecule has 0 saturated carbocycles. The summed E-state index contributed by atoms with van der Waals surface area (Å²) < 4.78 is 42.0. The van der Waals surface area contributed by atoms with Gasteiger partial charge in [-0.05, 0) is 31.5 Å². The van der Waals surface area contributed by atoms with Crippen LogP contribution in [0.15, 0.2) is 35.1 Å². The van der Waals surface area contributed by atoms with Crippen LogP contribution in [0, 0.1) is 25.2 Å². The Kier molecular flexibility index (Phi) is 5.86. The van der Waals surface area contributed by atoms with Crippen LogP contribution in [-0.2, 0) is 12.7 Å². The van der Waals surface area contributed by atoms with Gasteiger partial charge in [-0.3, -0.25) is 4.79 Å². The van der Waals surface area contributed by atoms with Crippen molar-refractivity contribution in [3.05, 3.63) is 73.0 Å². The Morgan fingerprint density at radius 3 is 2.47 bits per heavy atom. The second kappa shape index (κ2) is 8.07. The van der Waals surface area contributed by atoms with E-state index >= 15 is 0 Å². The molecule has 0 atom stereocenters. The van der Waals surface area contributed by atoms with Crippen molar-refractivity contribution in [2.45, 2.75) is 46.3 Å². The normalized spacial score (nSPS) is 11.7. The van der Waals surface area contributed by atoms with Crippen LogP contribution in [0.2, 0.25) is 0 Å². The fourth-order valence-electron chi connectivity index (χ4n) is 3.17. The molecule has 3 rings (SSSR count). The average Bonchev–Trinajstić information content (AvgIpc) is 3.03. The molecule has 0 saturated heterocycles. The number of aromatic nitrogens is 2. The van der Waals surface area contributed by atoms with Crippen molar-refractivity contribution in [3.63, 3.8) is 0 Å². The van der Waals surface area contributed by atoms with E-state index in [4.69, 9.17) is 0 Å². The summed E-state index contributed by atoms with van der Waals surface area (Å²) in [7, 11) is 0. The Labute approximate surface area is 176 Å². The molecule has 1 aromatic carbocycles. The standard InChI is InChI=1S/C22H20F3N3OS/c1-12(2)20-27-18(14(4)30-20)11-28-19(15-7-5-6-13(3)8-15)9-17(22(23,24)25)16(10-26)21(28)29/h5-9,12H,11H2,1-4H3. The van der Waals surface area contributed by atoms with Gasteiger partial charge in [-0.15, -0.1) is 11.3 Å². The molecular weight excluding hydrogens is 411 g/mol. The minimum Gasteiger partial charge on any atom is -0.301 e. The lowest BCUT2D eigenvalue weighted by Crippen LogP contribution is -2.29. The van der Waals surface area contributed by atoms with Gasteiger partial charge in [0.05, 0.1) is 28.5 Å². The fourth-order valence-corrected chi connectivity index (χ4v) is 4.11. The zero-order chi connectivity index (χ0) is 22.2. The maximum atomic E-state index is 13.6. The predicted molar refractivity (Wildman–Crippen MR) is 111 cm³/mol. The summed E-state index contributed by atoms with van der Waals surface area (Å²) >= 11 is 1.50. The largest absolute Gasteiger partial charge is 0.417 e. The number of nitriles is 1. The van der Waals surface area contributed by atoms with Crippen LogP contribution in [0.1, 0.15) is 52.0 Å². The third-order valence-electron chi connectivity index (χ3n) is 4.74. The molecule has 0 aliphatic rings. The minimum absolute atomic E-state index is 0.00994. The first kappa shape index (κ1) is 21.8. The predicted octanol–water partition coefficient (Wildman–Crippen LogP) is 5.65. The summed E-state index contributed by atoms with van der Waals surface area (Å²) in [5.41, 5.74) is -1.06. The number of pyridine rings is 1. The molecule has 0 fully saturated rings. The molecule has 0 aliphatic carbocycles. The number of aryl methyl sites for hydroxylation is 2. The van der Waals surface area contributed by atoms with E-state index in [9.17, 15) is 23.2 Å². The Morgan fingerprint density at radius 2 is 1.93 bits per heavy atom. The summed E-state index contributed by atoms with van der Waals surface area (Å²) in [6.45, 7) is 7.67. The molecule has 2 aromatic heterocycles. The summed E-state index contributed by atoms with van der Waals surface area (Å²) in [5.74, 6) is 0.192. The van der Waals surface area contributed by atoms with Crippen molar-refractivity contribution in [1.29, 1.82) is 5.26 Å². The van der Waals surface area contributed by atoms with Gasteiger partial charge in [0.1, 0.15) is 11.6 Å². The van der Waals surface area contributed by atoms with Crippen molar-refractivity contribution in [3.8, 4) is 17.3 Å². The minimum atomic E-state index is -4.82. The molecular formula is C22H20F3N3OS. The molecule has 156 valence electrons. The highest BCUT2D eigenvalue weighted by molar-refractivity contribution is 7.11. The highest BCUT2D eigenvalue weighted by Gasteiger charge is 2.36. The Balaban J connectivity index is 2.30. The van der Waals surface area contributed by atoms with E-state index in [1.54, 1.807) is 18.2 Å². The van der Waals surface area contributed by atoms with Crippen LogP contribution in [0.5, 0.6) is 0 Å². The molecule has 0 bridgehead atoms. The van der Waals surface area contributed by atoms with E-state index in [0.29, 0.717) is 11.3 Å². The first-order valence-corrected chi connectivity index (χ1v) is 10.1. The number of alkyl halides is 3. The number of rotatable bonds is 4. The molecule has 0 amide bonds. The monoisotopic (exact) mass is 431 g/mol. The van der Waals surface area contributed by atoms with Crippen LogP contribution >= 0.6 is 11.3 Å². The molecule has 30 heavy (non-hydrogen) atoms. The topological polar surface area (TPSA) is 58.7 Å². The number of benzene rings is 1. The zero-order valence-electron chi connectivity index (χ0n) is 17.0. The molecule has 4 nitrogen and oxygen atoms in total. The number of nitrogens with zero attached hydrogens (tertiary/aromatic N) is 3. The van der Waals surface area contributed by atoms with Gasteiger partial charge < -0.3 is 4.57 Å². The third-order valence-corrected chi connectivity index (χ3v) is 6.06. The second-order valence-electron chi connectivity index (χ2n) is 7.40. The van der Waals surface area contributed by atoms with E-state index in [2.05, 4.69) is 4.98 Å². The van der Waals surface area contributed by atoms with Gasteiger partial charge in [-0.25, -0.2) is 4.98 Å². The smallest absolute Gasteiger partial charge is 0.301 e. The molecule has 0 radical (unpaired) electrons. The van der Waals surface area contributed by atoms with Crippen LogP contribution in [0.4, 0.5) is 13.2 Å². The average molecular weight is 431 g/mol. The van der Waals surface area contributed by atoms with Crippen molar-refractivity contribution in [1.82, 2.24) is 9.55 Å². The Bertz CT molecular complexity index is 1200. The maximum Gasteiger partial charge on any atom is 0.417 e. The fraction of sp³-hybridized carbons (Fsp3) is 0.318. The van der Waals surface area contributed by atoms with E-state index < -0.39 is 22.9 Å². The third kappa shape index (κ3) is 4.17. The van der Waals surface area contributed by atoms with Gasteiger partial charge in [0.2, 0.25) is 0 Å². The molecule has 8 heteroatoms. The lowest BCUT2D eigenvalue weighted by molar-refractivity contribution is -0.137. The number of hydrogen-bond acceptors (Lipinski definition) is 4. The van der Waals surface area contributed by atoms with Gasteiger partial charge in [0.15, 0.2) is 0 Å². The van der Waals surface area contributed by atoms with Gasteiger partial charge in [-0.2, -0.15) is 18.4 Å². The van der Waals surface area contributed by atoms with E-state index in [0.717, 1.165) is 21.5 Å². The van der Waals surface area contributed by atoms with Crippen LogP contribution in [0.3, 0.4) is 0 Å². The highest BCUT2D eigenvalue weighted by Crippen LogP contribution is 2.34. The number of thiazole rings is 1. The first-order chi connectivity index (χ1) is 14.0. The lowest BCUT2D eigenvalue weighted by Gasteiger charge is -2.17. The van der Waals surface area contributed by atoms with Gasteiger partial charge in [0.25, 0.3) is 5.56 Å². The summed E-state index contributed by atoms with van der Waals surface area (Å²) in [4.78, 5) is 18.5. The summed E-state index contributed by atoms with van der Waals surface area (Å²) in [6, 6.07) is 9.24. The molecule has 0 unspecified atom stereocenters. The van der Waals surface area contributed by atoms with E-state index in [-0.39, 0.29) is 18.2 Å². The van der Waals surface area contributed by atoms with Crippen molar-refractivity contribution in [2.24, 2.45) is 0 Å². The highest BCUT2D eigenvalue weighted by atomic mass is 32.1.